The molecule has 2 aromatic rings. The second kappa shape index (κ2) is 9.57. The van der Waals surface area contributed by atoms with Crippen molar-refractivity contribution in [3.8, 4) is 5.75 Å². The molecule has 0 aromatic heterocycles. The number of carbonyl (C=O) groups is 3. The Balaban J connectivity index is 1.72. The van der Waals surface area contributed by atoms with E-state index in [2.05, 4.69) is 32.1 Å². The van der Waals surface area contributed by atoms with Gasteiger partial charge in [-0.05, 0) is 37.3 Å². The molecular weight excluding hydrogens is 402 g/mol. The zero-order valence-corrected chi connectivity index (χ0v) is 15.6. The van der Waals surface area contributed by atoms with Crippen molar-refractivity contribution in [1.29, 1.82) is 0 Å². The third-order valence-corrected chi connectivity index (χ3v) is 3.74. The van der Waals surface area contributed by atoms with Crippen LogP contribution < -0.4 is 20.9 Å². The van der Waals surface area contributed by atoms with E-state index in [1.54, 1.807) is 55.5 Å². The van der Waals surface area contributed by atoms with Gasteiger partial charge in [0.1, 0.15) is 5.75 Å². The second-order valence-corrected chi connectivity index (χ2v) is 6.22. The Kier molecular flexibility index (Phi) is 7.16. The lowest BCUT2D eigenvalue weighted by atomic mass is 10.2. The summed E-state index contributed by atoms with van der Waals surface area (Å²) < 4.78 is 6.31. The average Bonchev–Trinajstić information content (AvgIpc) is 2.64. The highest BCUT2D eigenvalue weighted by Gasteiger charge is 2.16. The molecule has 1 atom stereocenters. The highest BCUT2D eigenvalue weighted by molar-refractivity contribution is 9.10. The maximum Gasteiger partial charge on any atom is 0.279 e. The van der Waals surface area contributed by atoms with Crippen LogP contribution in [-0.2, 0) is 9.59 Å². The number of ether oxygens (including phenoxy) is 1. The predicted octanol–water partition coefficient (Wildman–Crippen LogP) is 1.79. The third-order valence-electron chi connectivity index (χ3n) is 3.25. The summed E-state index contributed by atoms with van der Waals surface area (Å²) in [5.74, 6) is -0.938. The molecule has 0 aliphatic carbocycles. The zero-order valence-electron chi connectivity index (χ0n) is 14.0. The van der Waals surface area contributed by atoms with Gasteiger partial charge in [-0.25, -0.2) is 0 Å². The third kappa shape index (κ3) is 6.21. The molecule has 0 saturated heterocycles. The molecule has 0 fully saturated rings. The summed E-state index contributed by atoms with van der Waals surface area (Å²) in [6, 6.07) is 15.6. The van der Waals surface area contributed by atoms with Gasteiger partial charge in [0.15, 0.2) is 6.10 Å². The maximum absolute atomic E-state index is 11.9. The van der Waals surface area contributed by atoms with E-state index in [0.29, 0.717) is 11.3 Å². The lowest BCUT2D eigenvalue weighted by Gasteiger charge is -2.15. The van der Waals surface area contributed by atoms with Crippen molar-refractivity contribution < 1.29 is 19.1 Å². The topological polar surface area (TPSA) is 96.5 Å². The van der Waals surface area contributed by atoms with Gasteiger partial charge in [0.2, 0.25) is 0 Å². The van der Waals surface area contributed by atoms with Crippen LogP contribution in [0.4, 0.5) is 0 Å². The first-order valence-corrected chi connectivity index (χ1v) is 8.59. The Morgan fingerprint density at radius 2 is 1.77 bits per heavy atom. The van der Waals surface area contributed by atoms with Crippen molar-refractivity contribution in [3.63, 3.8) is 0 Å². The van der Waals surface area contributed by atoms with Crippen LogP contribution in [0.3, 0.4) is 0 Å². The number of hydrazine groups is 1. The molecule has 3 N–H and O–H groups in total. The van der Waals surface area contributed by atoms with E-state index in [9.17, 15) is 14.4 Å². The van der Waals surface area contributed by atoms with E-state index in [-0.39, 0.29) is 12.5 Å². The van der Waals surface area contributed by atoms with Crippen molar-refractivity contribution in [1.82, 2.24) is 16.2 Å². The fourth-order valence-electron chi connectivity index (χ4n) is 1.93. The number of halogens is 1. The van der Waals surface area contributed by atoms with Crippen molar-refractivity contribution in [2.45, 2.75) is 13.0 Å². The van der Waals surface area contributed by atoms with E-state index < -0.39 is 17.9 Å². The molecule has 2 rings (SSSR count). The Bertz CT molecular complexity index is 783. The molecule has 0 heterocycles. The lowest BCUT2D eigenvalue weighted by molar-refractivity contribution is -0.132. The van der Waals surface area contributed by atoms with Gasteiger partial charge in [0.05, 0.1) is 6.54 Å². The normalized spacial score (nSPS) is 11.2. The van der Waals surface area contributed by atoms with Gasteiger partial charge < -0.3 is 10.1 Å². The van der Waals surface area contributed by atoms with Crippen molar-refractivity contribution in [2.75, 3.05) is 6.54 Å². The largest absolute Gasteiger partial charge is 0.481 e. The minimum absolute atomic E-state index is 0.269. The Morgan fingerprint density at radius 1 is 1.04 bits per heavy atom. The van der Waals surface area contributed by atoms with E-state index in [1.165, 1.54) is 0 Å². The number of benzene rings is 2. The highest BCUT2D eigenvalue weighted by atomic mass is 79.9. The summed E-state index contributed by atoms with van der Waals surface area (Å²) in [7, 11) is 0. The molecule has 0 bridgehead atoms. The molecule has 0 aliphatic heterocycles. The van der Waals surface area contributed by atoms with Gasteiger partial charge in [0.25, 0.3) is 17.7 Å². The van der Waals surface area contributed by atoms with E-state index in [4.69, 9.17) is 4.74 Å². The smallest absolute Gasteiger partial charge is 0.279 e. The van der Waals surface area contributed by atoms with Crippen molar-refractivity contribution >= 4 is 33.7 Å². The first-order chi connectivity index (χ1) is 12.5. The molecule has 1 unspecified atom stereocenters. The van der Waals surface area contributed by atoms with E-state index in [0.717, 1.165) is 4.47 Å². The molecular formula is C18H18BrN3O4. The Morgan fingerprint density at radius 3 is 2.46 bits per heavy atom. The molecule has 136 valence electrons. The molecule has 0 aliphatic rings. The van der Waals surface area contributed by atoms with Crippen LogP contribution in [0.2, 0.25) is 0 Å². The number of carbonyl (C=O) groups excluding carboxylic acids is 3. The lowest BCUT2D eigenvalue weighted by Crippen LogP contribution is -2.50. The molecule has 0 spiro atoms. The van der Waals surface area contributed by atoms with Crippen LogP contribution in [0.15, 0.2) is 59.1 Å². The first-order valence-electron chi connectivity index (χ1n) is 7.80. The average molecular weight is 420 g/mol. The Hall–Kier alpha value is -2.87. The van der Waals surface area contributed by atoms with Gasteiger partial charge in [-0.2, -0.15) is 0 Å². The van der Waals surface area contributed by atoms with E-state index in [1.807, 2.05) is 6.07 Å². The van der Waals surface area contributed by atoms with Gasteiger partial charge in [-0.15, -0.1) is 0 Å². The van der Waals surface area contributed by atoms with Gasteiger partial charge >= 0.3 is 0 Å². The number of rotatable bonds is 6. The molecule has 0 radical (unpaired) electrons. The number of hydrogen-bond acceptors (Lipinski definition) is 4. The fraction of sp³-hybridized carbons (Fsp3) is 0.167. The highest BCUT2D eigenvalue weighted by Crippen LogP contribution is 2.18. The summed E-state index contributed by atoms with van der Waals surface area (Å²) in [5, 5.41) is 2.46. The summed E-state index contributed by atoms with van der Waals surface area (Å²) in [6.45, 7) is 1.29. The van der Waals surface area contributed by atoms with Gasteiger partial charge in [-0.1, -0.05) is 40.2 Å². The first kappa shape index (κ1) is 19.5. The van der Waals surface area contributed by atoms with Crippen LogP contribution in [0.5, 0.6) is 5.75 Å². The predicted molar refractivity (Wildman–Crippen MR) is 99.3 cm³/mol. The van der Waals surface area contributed by atoms with Crippen LogP contribution in [0.1, 0.15) is 17.3 Å². The molecule has 2 aromatic carbocycles. The minimum atomic E-state index is -0.816. The van der Waals surface area contributed by atoms with E-state index >= 15 is 0 Å². The standard InChI is InChI=1S/C18H18BrN3O4/c1-12(26-15-9-5-8-14(19)10-15)17(24)22-21-16(23)11-20-18(25)13-6-3-2-4-7-13/h2-10,12H,11H2,1H3,(H,20,25)(H,21,23)(H,22,24). The quantitative estimate of drug-likeness (QED) is 0.621. The van der Waals surface area contributed by atoms with Crippen molar-refractivity contribution in [2.24, 2.45) is 0 Å². The molecule has 26 heavy (non-hydrogen) atoms. The minimum Gasteiger partial charge on any atom is -0.481 e. The summed E-state index contributed by atoms with van der Waals surface area (Å²) in [4.78, 5) is 35.5. The summed E-state index contributed by atoms with van der Waals surface area (Å²) in [6.07, 6.45) is -0.816. The Labute approximate surface area is 159 Å². The molecule has 8 heteroatoms. The zero-order chi connectivity index (χ0) is 18.9. The number of nitrogens with one attached hydrogen (secondary N) is 3. The number of hydrogen-bond donors (Lipinski definition) is 3. The van der Waals surface area contributed by atoms with Crippen LogP contribution in [0, 0.1) is 0 Å². The SMILES string of the molecule is CC(Oc1cccc(Br)c1)C(=O)NNC(=O)CNC(=O)c1ccccc1. The van der Waals surface area contributed by atoms with Crippen LogP contribution in [0.25, 0.3) is 0 Å². The van der Waals surface area contributed by atoms with Gasteiger partial charge in [-0.3, -0.25) is 25.2 Å². The van der Waals surface area contributed by atoms with Crippen molar-refractivity contribution in [3.05, 3.63) is 64.6 Å². The fourth-order valence-corrected chi connectivity index (χ4v) is 2.31. The monoisotopic (exact) mass is 419 g/mol. The van der Waals surface area contributed by atoms with Crippen LogP contribution >= 0.6 is 15.9 Å². The number of amides is 3. The molecule has 3 amide bonds. The maximum atomic E-state index is 11.9. The molecule has 7 nitrogen and oxygen atoms in total. The summed E-state index contributed by atoms with van der Waals surface area (Å²) >= 11 is 3.31. The van der Waals surface area contributed by atoms with Crippen LogP contribution in [-0.4, -0.2) is 30.4 Å². The summed E-state index contributed by atoms with van der Waals surface area (Å²) in [5.41, 5.74) is 4.92. The second-order valence-electron chi connectivity index (χ2n) is 5.30. The molecule has 0 saturated carbocycles. The van der Waals surface area contributed by atoms with Gasteiger partial charge in [0, 0.05) is 10.0 Å².